The number of anilines is 1. The quantitative estimate of drug-likeness (QED) is 0.342. The first-order valence-electron chi connectivity index (χ1n) is 9.80. The smallest absolute Gasteiger partial charge is 0.227 e. The SMILES string of the molecule is CCNC(=O)C(C)(C)CN=C(NCC)N1CCN(c2cc(F)ccc2F)CC1.I. The summed E-state index contributed by atoms with van der Waals surface area (Å²) in [5.41, 5.74) is -0.317. The van der Waals surface area contributed by atoms with Crippen LogP contribution in [0.2, 0.25) is 0 Å². The molecule has 6 nitrogen and oxygen atoms in total. The fraction of sp³-hybridized carbons (Fsp3) is 0.600. The van der Waals surface area contributed by atoms with Gasteiger partial charge in [0.2, 0.25) is 5.91 Å². The number of guanidine groups is 1. The van der Waals surface area contributed by atoms with Crippen LogP contribution in [0, 0.1) is 17.0 Å². The number of nitrogens with zero attached hydrogens (tertiary/aromatic N) is 3. The second-order valence-electron chi connectivity index (χ2n) is 7.48. The van der Waals surface area contributed by atoms with Crippen molar-refractivity contribution >= 4 is 41.5 Å². The summed E-state index contributed by atoms with van der Waals surface area (Å²) in [5.74, 6) is -0.152. The van der Waals surface area contributed by atoms with Crippen molar-refractivity contribution in [3.8, 4) is 0 Å². The van der Waals surface area contributed by atoms with E-state index < -0.39 is 17.0 Å². The molecule has 0 atom stereocenters. The molecule has 0 spiro atoms. The Labute approximate surface area is 189 Å². The molecule has 1 aliphatic rings. The molecule has 1 aromatic carbocycles. The van der Waals surface area contributed by atoms with Crippen LogP contribution in [-0.2, 0) is 4.79 Å². The maximum Gasteiger partial charge on any atom is 0.227 e. The number of carbonyl (C=O) groups excluding carboxylic acids is 1. The molecule has 1 aliphatic heterocycles. The lowest BCUT2D eigenvalue weighted by atomic mass is 9.92. The topological polar surface area (TPSA) is 60.0 Å². The minimum Gasteiger partial charge on any atom is -0.366 e. The molecule has 1 heterocycles. The van der Waals surface area contributed by atoms with Gasteiger partial charge < -0.3 is 20.4 Å². The summed E-state index contributed by atoms with van der Waals surface area (Å²) in [4.78, 5) is 20.8. The predicted octanol–water partition coefficient (Wildman–Crippen LogP) is 2.83. The Balaban J connectivity index is 0.00000420. The van der Waals surface area contributed by atoms with Crippen LogP contribution >= 0.6 is 24.0 Å². The lowest BCUT2D eigenvalue weighted by Crippen LogP contribution is -2.53. The number of hydrogen-bond donors (Lipinski definition) is 2. The molecule has 0 unspecified atom stereocenters. The molecule has 164 valence electrons. The molecule has 29 heavy (non-hydrogen) atoms. The number of nitrogens with one attached hydrogen (secondary N) is 2. The van der Waals surface area contributed by atoms with Crippen molar-refractivity contribution in [2.24, 2.45) is 10.4 Å². The van der Waals surface area contributed by atoms with Crippen molar-refractivity contribution in [2.45, 2.75) is 27.7 Å². The van der Waals surface area contributed by atoms with Gasteiger partial charge in [-0.2, -0.15) is 0 Å². The maximum absolute atomic E-state index is 14.0. The molecular formula is C20H32F2IN5O. The van der Waals surface area contributed by atoms with Gasteiger partial charge >= 0.3 is 0 Å². The van der Waals surface area contributed by atoms with Crippen LogP contribution in [0.5, 0.6) is 0 Å². The zero-order valence-corrected chi connectivity index (χ0v) is 19.9. The van der Waals surface area contributed by atoms with Crippen molar-refractivity contribution < 1.29 is 13.6 Å². The first kappa shape index (κ1) is 25.4. The summed E-state index contributed by atoms with van der Waals surface area (Å²) in [6.45, 7) is 11.7. The molecule has 1 amide bonds. The summed E-state index contributed by atoms with van der Waals surface area (Å²) >= 11 is 0. The van der Waals surface area contributed by atoms with Crippen LogP contribution in [0.15, 0.2) is 23.2 Å². The fourth-order valence-corrected chi connectivity index (χ4v) is 3.06. The van der Waals surface area contributed by atoms with E-state index in [0.29, 0.717) is 51.5 Å². The van der Waals surface area contributed by atoms with E-state index in [1.807, 2.05) is 32.6 Å². The van der Waals surface area contributed by atoms with Crippen molar-refractivity contribution in [3.63, 3.8) is 0 Å². The molecular weight excluding hydrogens is 491 g/mol. The Morgan fingerprint density at radius 1 is 1.10 bits per heavy atom. The van der Waals surface area contributed by atoms with Crippen LogP contribution < -0.4 is 15.5 Å². The fourth-order valence-electron chi connectivity index (χ4n) is 3.06. The van der Waals surface area contributed by atoms with Crippen molar-refractivity contribution in [1.82, 2.24) is 15.5 Å². The van der Waals surface area contributed by atoms with Gasteiger partial charge in [-0.3, -0.25) is 9.79 Å². The number of hydrogen-bond acceptors (Lipinski definition) is 3. The molecule has 0 aliphatic carbocycles. The molecule has 2 rings (SSSR count). The Bertz CT molecular complexity index is 706. The number of rotatable bonds is 6. The van der Waals surface area contributed by atoms with Crippen LogP contribution in [0.4, 0.5) is 14.5 Å². The minimum atomic E-state index is -0.608. The van der Waals surface area contributed by atoms with Gasteiger partial charge in [0.25, 0.3) is 0 Å². The highest BCUT2D eigenvalue weighted by Crippen LogP contribution is 2.22. The first-order valence-corrected chi connectivity index (χ1v) is 9.80. The molecule has 0 aromatic heterocycles. The Kier molecular flexibility index (Phi) is 10.1. The van der Waals surface area contributed by atoms with Crippen molar-refractivity contribution in [1.29, 1.82) is 0 Å². The summed E-state index contributed by atoms with van der Waals surface area (Å²) in [7, 11) is 0. The molecule has 9 heteroatoms. The lowest BCUT2D eigenvalue weighted by molar-refractivity contribution is -0.128. The summed E-state index contributed by atoms with van der Waals surface area (Å²) < 4.78 is 27.5. The van der Waals surface area contributed by atoms with Crippen LogP contribution in [-0.4, -0.2) is 62.6 Å². The standard InChI is InChI=1S/C20H31F2N5O.HI/c1-5-23-18(28)20(3,4)14-25-19(24-6-2)27-11-9-26(10-12-27)17-13-15(21)7-8-16(17)22;/h7-8,13H,5-6,9-12,14H2,1-4H3,(H,23,28)(H,24,25);1H. The highest BCUT2D eigenvalue weighted by molar-refractivity contribution is 14.0. The zero-order chi connectivity index (χ0) is 20.7. The van der Waals surface area contributed by atoms with E-state index in [9.17, 15) is 13.6 Å². The van der Waals surface area contributed by atoms with E-state index in [2.05, 4.69) is 20.5 Å². The summed E-state index contributed by atoms with van der Waals surface area (Å²) in [5, 5.41) is 6.10. The van der Waals surface area contributed by atoms with Gasteiger partial charge in [0, 0.05) is 45.3 Å². The largest absolute Gasteiger partial charge is 0.366 e. The minimum absolute atomic E-state index is 0. The van der Waals surface area contributed by atoms with Crippen molar-refractivity contribution in [2.75, 3.05) is 50.7 Å². The molecule has 1 saturated heterocycles. The number of halogens is 3. The van der Waals surface area contributed by atoms with Gasteiger partial charge in [0.15, 0.2) is 5.96 Å². The second kappa shape index (κ2) is 11.5. The third kappa shape index (κ3) is 6.97. The van der Waals surface area contributed by atoms with Crippen LogP contribution in [0.3, 0.4) is 0 Å². The van der Waals surface area contributed by atoms with E-state index in [0.717, 1.165) is 18.1 Å². The number of amides is 1. The highest BCUT2D eigenvalue weighted by atomic mass is 127. The van der Waals surface area contributed by atoms with E-state index in [4.69, 9.17) is 0 Å². The van der Waals surface area contributed by atoms with Gasteiger partial charge in [0.1, 0.15) is 11.6 Å². The van der Waals surface area contributed by atoms with Crippen LogP contribution in [0.25, 0.3) is 0 Å². The number of benzene rings is 1. The van der Waals surface area contributed by atoms with Gasteiger partial charge in [-0.1, -0.05) is 0 Å². The van der Waals surface area contributed by atoms with Gasteiger partial charge in [0.05, 0.1) is 17.6 Å². The number of piperazine rings is 1. The van der Waals surface area contributed by atoms with Crippen molar-refractivity contribution in [3.05, 3.63) is 29.8 Å². The van der Waals surface area contributed by atoms with Crippen LogP contribution in [0.1, 0.15) is 27.7 Å². The molecule has 2 N–H and O–H groups in total. The Morgan fingerprint density at radius 2 is 1.72 bits per heavy atom. The summed E-state index contributed by atoms with van der Waals surface area (Å²) in [6, 6.07) is 3.52. The van der Waals surface area contributed by atoms with E-state index in [-0.39, 0.29) is 29.9 Å². The maximum atomic E-state index is 14.0. The van der Waals surface area contributed by atoms with E-state index in [1.54, 1.807) is 0 Å². The van der Waals surface area contributed by atoms with E-state index >= 15 is 0 Å². The third-order valence-corrected chi connectivity index (χ3v) is 4.74. The normalized spacial score (nSPS) is 15.0. The average Bonchev–Trinajstić information content (AvgIpc) is 2.67. The molecule has 1 fully saturated rings. The van der Waals surface area contributed by atoms with Gasteiger partial charge in [-0.25, -0.2) is 8.78 Å². The Morgan fingerprint density at radius 3 is 2.31 bits per heavy atom. The summed E-state index contributed by atoms with van der Waals surface area (Å²) in [6.07, 6.45) is 0. The molecule has 0 radical (unpaired) electrons. The zero-order valence-electron chi connectivity index (χ0n) is 17.6. The third-order valence-electron chi connectivity index (χ3n) is 4.74. The molecule has 0 saturated carbocycles. The first-order chi connectivity index (χ1) is 13.3. The second-order valence-corrected chi connectivity index (χ2v) is 7.48. The van der Waals surface area contributed by atoms with Gasteiger partial charge in [-0.05, 0) is 39.8 Å². The average molecular weight is 523 g/mol. The molecule has 1 aromatic rings. The number of aliphatic imine (C=N–C) groups is 1. The number of carbonyl (C=O) groups is 1. The molecule has 0 bridgehead atoms. The lowest BCUT2D eigenvalue weighted by Gasteiger charge is -2.38. The Hall–Kier alpha value is -1.65. The highest BCUT2D eigenvalue weighted by Gasteiger charge is 2.28. The monoisotopic (exact) mass is 523 g/mol. The predicted molar refractivity (Wildman–Crippen MR) is 124 cm³/mol. The van der Waals surface area contributed by atoms with Gasteiger partial charge in [-0.15, -0.1) is 24.0 Å². The van der Waals surface area contributed by atoms with E-state index in [1.165, 1.54) is 6.07 Å².